The first-order chi connectivity index (χ1) is 14.3. The van der Waals surface area contributed by atoms with E-state index in [1.54, 1.807) is 26.3 Å². The number of anilines is 1. The van der Waals surface area contributed by atoms with Crippen LogP contribution >= 0.6 is 0 Å². The fourth-order valence-corrected chi connectivity index (χ4v) is 3.12. The van der Waals surface area contributed by atoms with Crippen molar-refractivity contribution in [3.05, 3.63) is 58.9 Å². The number of nitriles is 1. The van der Waals surface area contributed by atoms with Crippen LogP contribution in [0, 0.1) is 25.2 Å². The second-order valence-corrected chi connectivity index (χ2v) is 6.92. The van der Waals surface area contributed by atoms with E-state index in [4.69, 9.17) is 9.47 Å². The van der Waals surface area contributed by atoms with Gasteiger partial charge in [-0.05, 0) is 50.6 Å². The number of methoxy groups -OCH3 is 1. The van der Waals surface area contributed by atoms with Crippen molar-refractivity contribution in [2.75, 3.05) is 25.7 Å². The summed E-state index contributed by atoms with van der Waals surface area (Å²) < 4.78 is 12.5. The lowest BCUT2D eigenvalue weighted by atomic mass is 10.1. The molecule has 1 aromatic carbocycles. The highest BCUT2D eigenvalue weighted by Crippen LogP contribution is 2.19. The number of aromatic nitrogens is 1. The van der Waals surface area contributed by atoms with E-state index in [9.17, 15) is 14.9 Å². The van der Waals surface area contributed by atoms with Crippen LogP contribution in [0.5, 0.6) is 0 Å². The Labute approximate surface area is 177 Å². The van der Waals surface area contributed by atoms with Gasteiger partial charge in [0.1, 0.15) is 11.6 Å². The minimum absolute atomic E-state index is 0.163. The molecule has 0 saturated heterocycles. The first-order valence-corrected chi connectivity index (χ1v) is 9.61. The largest absolute Gasteiger partial charge is 0.448 e. The van der Waals surface area contributed by atoms with Crippen molar-refractivity contribution in [3.8, 4) is 6.07 Å². The number of ether oxygens (including phenoxy) is 2. The van der Waals surface area contributed by atoms with Crippen LogP contribution in [-0.2, 0) is 25.6 Å². The molecule has 0 N–H and O–H groups in total. The molecular weight excluding hydrogens is 382 g/mol. The zero-order chi connectivity index (χ0) is 22.3. The highest BCUT2D eigenvalue weighted by Gasteiger charge is 2.24. The van der Waals surface area contributed by atoms with Gasteiger partial charge in [-0.25, -0.2) is 4.79 Å². The Balaban J connectivity index is 2.15. The maximum absolute atomic E-state index is 12.6. The average Bonchev–Trinajstić information content (AvgIpc) is 3.02. The lowest BCUT2D eigenvalue weighted by Crippen LogP contribution is -2.37. The Hall–Kier alpha value is -3.37. The van der Waals surface area contributed by atoms with Crippen molar-refractivity contribution in [1.29, 1.82) is 5.26 Å². The predicted octanol–water partition coefficient (Wildman–Crippen LogP) is 3.25. The van der Waals surface area contributed by atoms with Crippen molar-refractivity contribution < 1.29 is 19.1 Å². The molecule has 1 atom stereocenters. The first kappa shape index (κ1) is 22.9. The number of likely N-dealkylation sites (N-methyl/N-ethyl adjacent to an activating group) is 1. The number of esters is 1. The summed E-state index contributed by atoms with van der Waals surface area (Å²) in [6.45, 7) is 6.58. The summed E-state index contributed by atoms with van der Waals surface area (Å²) >= 11 is 0. The van der Waals surface area contributed by atoms with Crippen LogP contribution in [-0.4, -0.2) is 43.3 Å². The van der Waals surface area contributed by atoms with E-state index in [0.29, 0.717) is 18.8 Å². The topological polar surface area (TPSA) is 84.6 Å². The highest BCUT2D eigenvalue weighted by molar-refractivity contribution is 6.01. The molecule has 1 heterocycles. The van der Waals surface area contributed by atoms with Crippen LogP contribution in [0.3, 0.4) is 0 Å². The lowest BCUT2D eigenvalue weighted by molar-refractivity contribution is -0.149. The molecule has 2 rings (SSSR count). The van der Waals surface area contributed by atoms with Crippen LogP contribution < -0.4 is 4.90 Å². The molecule has 0 aliphatic heterocycles. The van der Waals surface area contributed by atoms with Gasteiger partial charge in [-0.1, -0.05) is 18.2 Å². The summed E-state index contributed by atoms with van der Waals surface area (Å²) in [5, 5.41) is 9.46. The fourth-order valence-electron chi connectivity index (χ4n) is 3.12. The molecular formula is C23H27N3O4. The summed E-state index contributed by atoms with van der Waals surface area (Å²) in [6.07, 6.45) is 0.458. The molecule has 1 unspecified atom stereocenters. The van der Waals surface area contributed by atoms with E-state index in [1.807, 2.05) is 44.2 Å². The molecule has 0 aliphatic rings. The zero-order valence-corrected chi connectivity index (χ0v) is 18.0. The molecule has 30 heavy (non-hydrogen) atoms. The quantitative estimate of drug-likeness (QED) is 0.380. The van der Waals surface area contributed by atoms with E-state index in [-0.39, 0.29) is 11.5 Å². The molecule has 7 nitrogen and oxygen atoms in total. The van der Waals surface area contributed by atoms with E-state index in [2.05, 4.69) is 4.57 Å². The Morgan fingerprint density at radius 3 is 2.53 bits per heavy atom. The van der Waals surface area contributed by atoms with Crippen LogP contribution in [0.1, 0.15) is 23.9 Å². The van der Waals surface area contributed by atoms with E-state index in [0.717, 1.165) is 17.0 Å². The third-order valence-corrected chi connectivity index (χ3v) is 4.88. The Kier molecular flexibility index (Phi) is 7.96. The van der Waals surface area contributed by atoms with Crippen molar-refractivity contribution in [2.24, 2.45) is 0 Å². The molecule has 1 aromatic heterocycles. The van der Waals surface area contributed by atoms with Crippen molar-refractivity contribution >= 4 is 23.6 Å². The predicted molar refractivity (Wildman–Crippen MR) is 115 cm³/mol. The van der Waals surface area contributed by atoms with Crippen molar-refractivity contribution in [3.63, 3.8) is 0 Å². The van der Waals surface area contributed by atoms with Crippen LogP contribution in [0.15, 0.2) is 42.0 Å². The molecule has 7 heteroatoms. The van der Waals surface area contributed by atoms with Gasteiger partial charge in [-0.15, -0.1) is 0 Å². The Morgan fingerprint density at radius 2 is 1.93 bits per heavy atom. The van der Waals surface area contributed by atoms with Gasteiger partial charge in [-0.2, -0.15) is 5.26 Å². The van der Waals surface area contributed by atoms with Crippen molar-refractivity contribution in [1.82, 2.24) is 4.57 Å². The third kappa shape index (κ3) is 5.37. The summed E-state index contributed by atoms with van der Waals surface area (Å²) in [7, 11) is 3.24. The molecule has 2 aromatic rings. The number of carbonyl (C=O) groups is 2. The molecule has 0 spiro atoms. The number of nitrogens with zero attached hydrogens (tertiary/aromatic N) is 3. The number of hydrogen-bond acceptors (Lipinski definition) is 5. The van der Waals surface area contributed by atoms with Gasteiger partial charge in [0.2, 0.25) is 0 Å². The summed E-state index contributed by atoms with van der Waals surface area (Å²) in [6, 6.07) is 12.8. The Morgan fingerprint density at radius 1 is 1.27 bits per heavy atom. The number of aryl methyl sites for hydroxylation is 1. The standard InChI is InChI=1S/C23H27N3O4/c1-16-13-19(17(2)26(16)11-12-29-5)14-20(15-24)23(28)30-18(3)22(27)25(4)21-9-7-6-8-10-21/h6-10,13-14,18H,11-12H2,1-5H3/b20-14+. The zero-order valence-electron chi connectivity index (χ0n) is 18.0. The van der Waals surface area contributed by atoms with E-state index >= 15 is 0 Å². The summed E-state index contributed by atoms with van der Waals surface area (Å²) in [5.74, 6) is -1.22. The number of carbonyl (C=O) groups excluding carboxylic acids is 2. The highest BCUT2D eigenvalue weighted by atomic mass is 16.5. The van der Waals surface area contributed by atoms with Gasteiger partial charge in [-0.3, -0.25) is 4.79 Å². The summed E-state index contributed by atoms with van der Waals surface area (Å²) in [4.78, 5) is 26.5. The van der Waals surface area contributed by atoms with Gasteiger partial charge in [0, 0.05) is 37.8 Å². The average molecular weight is 409 g/mol. The van der Waals surface area contributed by atoms with Crippen LogP contribution in [0.25, 0.3) is 6.08 Å². The van der Waals surface area contributed by atoms with Gasteiger partial charge in [0.05, 0.1) is 6.61 Å². The van der Waals surface area contributed by atoms with Crippen LogP contribution in [0.4, 0.5) is 5.69 Å². The molecule has 0 radical (unpaired) electrons. The second-order valence-electron chi connectivity index (χ2n) is 6.92. The van der Waals surface area contributed by atoms with E-state index < -0.39 is 12.1 Å². The van der Waals surface area contributed by atoms with Gasteiger partial charge < -0.3 is 18.9 Å². The monoisotopic (exact) mass is 409 g/mol. The normalized spacial score (nSPS) is 12.2. The van der Waals surface area contributed by atoms with Gasteiger partial charge in [0.15, 0.2) is 6.10 Å². The number of hydrogen-bond donors (Lipinski definition) is 0. The maximum Gasteiger partial charge on any atom is 0.349 e. The molecule has 0 bridgehead atoms. The number of rotatable bonds is 8. The number of amides is 1. The van der Waals surface area contributed by atoms with Crippen LogP contribution in [0.2, 0.25) is 0 Å². The molecule has 0 aliphatic carbocycles. The van der Waals surface area contributed by atoms with E-state index in [1.165, 1.54) is 17.9 Å². The molecule has 0 saturated carbocycles. The second kappa shape index (κ2) is 10.4. The number of para-hydroxylation sites is 1. The smallest absolute Gasteiger partial charge is 0.349 e. The fraction of sp³-hybridized carbons (Fsp3) is 0.348. The SMILES string of the molecule is COCCn1c(C)cc(/C=C(\C#N)C(=O)OC(C)C(=O)N(C)c2ccccc2)c1C. The molecule has 1 amide bonds. The maximum atomic E-state index is 12.6. The van der Waals surface area contributed by atoms with Crippen molar-refractivity contribution in [2.45, 2.75) is 33.4 Å². The minimum atomic E-state index is -1.03. The Bertz CT molecular complexity index is 970. The van der Waals surface area contributed by atoms with Gasteiger partial charge >= 0.3 is 5.97 Å². The number of benzene rings is 1. The third-order valence-electron chi connectivity index (χ3n) is 4.88. The molecule has 158 valence electrons. The summed E-state index contributed by atoms with van der Waals surface area (Å²) in [5.41, 5.74) is 3.18. The minimum Gasteiger partial charge on any atom is -0.448 e. The molecule has 0 fully saturated rings. The van der Waals surface area contributed by atoms with Gasteiger partial charge in [0.25, 0.3) is 5.91 Å². The first-order valence-electron chi connectivity index (χ1n) is 9.61. The lowest BCUT2D eigenvalue weighted by Gasteiger charge is -2.21.